The van der Waals surface area contributed by atoms with Gasteiger partial charge in [-0.05, 0) is 4.20 Å². The lowest BCUT2D eigenvalue weighted by Gasteiger charge is -1.69. The molecule has 40 valence electrons. The molecule has 0 aliphatic heterocycles. The van der Waals surface area contributed by atoms with Crippen LogP contribution >= 0.6 is 0 Å². The Labute approximate surface area is 40.5 Å². The van der Waals surface area contributed by atoms with Crippen LogP contribution < -0.4 is 8.40 Å². The van der Waals surface area contributed by atoms with Crippen molar-refractivity contribution in [3.63, 3.8) is 0 Å². The van der Waals surface area contributed by atoms with Crippen LogP contribution in [0, 0.1) is 14.8 Å². The van der Waals surface area contributed by atoms with Crippen molar-refractivity contribution < 1.29 is 32.5 Å². The Hall–Kier alpha value is 0.320. The number of rotatable bonds is 0. The van der Waals surface area contributed by atoms with E-state index in [1.54, 1.807) is 0 Å². The van der Waals surface area contributed by atoms with E-state index in [2.05, 4.69) is 0 Å². The molecule has 0 atom stereocenters. The highest BCUT2D eigenvalue weighted by atomic mass is 80.0. The van der Waals surface area contributed by atoms with E-state index in [1.165, 1.54) is 0 Å². The van der Waals surface area contributed by atoms with Gasteiger partial charge in [0.25, 0.3) is 0 Å². The highest BCUT2D eigenvalue weighted by Crippen LogP contribution is 1.38. The van der Waals surface area contributed by atoms with Gasteiger partial charge in [-0.25, -0.2) is 0 Å². The van der Waals surface area contributed by atoms with E-state index in [0.29, 0.717) is 0 Å². The lowest BCUT2D eigenvalue weighted by Crippen LogP contribution is -2.30. The van der Waals surface area contributed by atoms with Gasteiger partial charge >= 0.3 is 14.8 Å². The SMILES string of the molecule is CO.[O-][Br+2]([O-])O. The van der Waals surface area contributed by atoms with E-state index < -0.39 is 14.8 Å². The van der Waals surface area contributed by atoms with Crippen LogP contribution in [0.3, 0.4) is 0 Å². The second-order valence-electron chi connectivity index (χ2n) is 0.201. The van der Waals surface area contributed by atoms with Crippen LogP contribution in [0.25, 0.3) is 0 Å². The maximum atomic E-state index is 8.63. The van der Waals surface area contributed by atoms with Crippen molar-refractivity contribution in [3.05, 3.63) is 0 Å². The van der Waals surface area contributed by atoms with Gasteiger partial charge in [0.05, 0.1) is 0 Å². The minimum atomic E-state index is -3.40. The third-order valence-corrected chi connectivity index (χ3v) is 0. The summed E-state index contributed by atoms with van der Waals surface area (Å²) in [5, 5.41) is 7.00. The van der Waals surface area contributed by atoms with E-state index in [0.717, 1.165) is 7.11 Å². The average molecular weight is 161 g/mol. The molecule has 2 N–H and O–H groups in total. The fourth-order valence-corrected chi connectivity index (χ4v) is 0. The zero-order valence-corrected chi connectivity index (χ0v) is 4.67. The van der Waals surface area contributed by atoms with Crippen molar-refractivity contribution in [3.8, 4) is 0 Å². The molecule has 0 aromatic rings. The first-order valence-electron chi connectivity index (χ1n) is 0.925. The highest BCUT2D eigenvalue weighted by molar-refractivity contribution is 3.18. The summed E-state index contributed by atoms with van der Waals surface area (Å²) in [6.07, 6.45) is 0. The van der Waals surface area contributed by atoms with E-state index in [4.69, 9.17) is 17.7 Å². The fourth-order valence-electron chi connectivity index (χ4n) is 0. The summed E-state index contributed by atoms with van der Waals surface area (Å²) in [6, 6.07) is 0. The van der Waals surface area contributed by atoms with Gasteiger partial charge in [-0.15, -0.1) is 0 Å². The second-order valence-corrected chi connectivity index (χ2v) is 1.04. The molecule has 0 aliphatic carbocycles. The molecule has 0 aromatic carbocycles. The van der Waals surface area contributed by atoms with Gasteiger partial charge in [0.15, 0.2) is 0 Å². The molecular weight excluding hydrogens is 156 g/mol. The largest absolute Gasteiger partial charge is 0.433 e. The Kier molecular flexibility index (Phi) is 14.4. The van der Waals surface area contributed by atoms with Gasteiger partial charge in [-0.1, -0.05) is 0 Å². The summed E-state index contributed by atoms with van der Waals surface area (Å²) in [5.41, 5.74) is 0. The van der Waals surface area contributed by atoms with Gasteiger partial charge in [-0.3, -0.25) is 0 Å². The number of hydrogen-bond acceptors (Lipinski definition) is 4. The van der Waals surface area contributed by atoms with Crippen molar-refractivity contribution in [1.29, 1.82) is 0 Å². The lowest BCUT2D eigenvalue weighted by atomic mass is 11.8. The number of halogens is 1. The smallest absolute Gasteiger partial charge is 0.400 e. The standard InChI is InChI=1S/CH4O.BrHO3/c1-2;2-1(3)4/h2H,1H3;2H. The first-order valence-corrected chi connectivity index (χ1v) is 2.93. The molecule has 0 bridgehead atoms. The number of hydrogen-bond donors (Lipinski definition) is 2. The summed E-state index contributed by atoms with van der Waals surface area (Å²) in [6.45, 7) is 0. The number of aliphatic hydroxyl groups excluding tert-OH is 1. The molecule has 0 saturated heterocycles. The van der Waals surface area contributed by atoms with E-state index in [-0.39, 0.29) is 0 Å². The van der Waals surface area contributed by atoms with Gasteiger partial charge in [0.2, 0.25) is 0 Å². The summed E-state index contributed by atoms with van der Waals surface area (Å²) in [7, 11) is 1.00. The van der Waals surface area contributed by atoms with Crippen molar-refractivity contribution in [2.75, 3.05) is 7.11 Å². The third-order valence-electron chi connectivity index (χ3n) is 0. The average Bonchev–Trinajstić information content (AvgIpc) is 1.41. The summed E-state index contributed by atoms with van der Waals surface area (Å²) in [4.78, 5) is 0. The van der Waals surface area contributed by atoms with Crippen molar-refractivity contribution in [2.45, 2.75) is 0 Å². The molecule has 6 heavy (non-hydrogen) atoms. The van der Waals surface area contributed by atoms with Crippen molar-refractivity contribution in [1.82, 2.24) is 0 Å². The Balaban J connectivity index is 0. The monoisotopic (exact) mass is 160 g/mol. The van der Waals surface area contributed by atoms with Crippen molar-refractivity contribution in [2.24, 2.45) is 0 Å². The normalized spacial score (nSPS) is 7.00. The molecule has 0 rings (SSSR count). The van der Waals surface area contributed by atoms with Gasteiger partial charge in [0, 0.05) is 7.11 Å². The van der Waals surface area contributed by atoms with E-state index in [1.807, 2.05) is 0 Å². The molecule has 4 nitrogen and oxygen atoms in total. The molecule has 0 aromatic heterocycles. The van der Waals surface area contributed by atoms with Gasteiger partial charge in [-0.2, -0.15) is 0 Å². The minimum absolute atomic E-state index is 1.00. The second kappa shape index (κ2) is 9.01. The number of aliphatic hydroxyl groups is 1. The van der Waals surface area contributed by atoms with Crippen LogP contribution in [0.2, 0.25) is 0 Å². The molecule has 0 amide bonds. The molecule has 0 spiro atoms. The molecule has 0 radical (unpaired) electrons. The van der Waals surface area contributed by atoms with Crippen LogP contribution in [0.5, 0.6) is 0 Å². The van der Waals surface area contributed by atoms with E-state index in [9.17, 15) is 0 Å². The zero-order chi connectivity index (χ0) is 5.58. The minimum Gasteiger partial charge on any atom is -0.400 e. The molecular formula is CH5BrO4. The molecule has 0 saturated carbocycles. The molecule has 0 aliphatic rings. The molecule has 0 heterocycles. The van der Waals surface area contributed by atoms with Crippen LogP contribution in [0.1, 0.15) is 0 Å². The third kappa shape index (κ3) is 465. The lowest BCUT2D eigenvalue weighted by molar-refractivity contribution is -1.63. The molecule has 5 heteroatoms. The maximum Gasteiger partial charge on any atom is 0.433 e. The molecule has 0 fully saturated rings. The van der Waals surface area contributed by atoms with Crippen LogP contribution in [-0.2, 0) is 0 Å². The summed E-state index contributed by atoms with van der Waals surface area (Å²) < 4.78 is 24.3. The maximum absolute atomic E-state index is 8.63. The summed E-state index contributed by atoms with van der Waals surface area (Å²) in [5.74, 6) is 0. The summed E-state index contributed by atoms with van der Waals surface area (Å²) >= 11 is -3.40. The van der Waals surface area contributed by atoms with Gasteiger partial charge < -0.3 is 13.5 Å². The van der Waals surface area contributed by atoms with Crippen LogP contribution in [-0.4, -0.2) is 16.4 Å². The predicted octanol–water partition coefficient (Wildman–Crippen LogP) is -3.33. The Bertz CT molecular complexity index is 12.3. The Morgan fingerprint density at radius 2 is 1.33 bits per heavy atom. The van der Waals surface area contributed by atoms with E-state index >= 15 is 0 Å². The Morgan fingerprint density at radius 1 is 1.33 bits per heavy atom. The van der Waals surface area contributed by atoms with Gasteiger partial charge in [0.1, 0.15) is 0 Å². The zero-order valence-electron chi connectivity index (χ0n) is 3.09. The predicted molar refractivity (Wildman–Crippen MR) is 10.4 cm³/mol. The first-order chi connectivity index (χ1) is 2.73. The molecule has 0 unspecified atom stereocenters. The fraction of sp³-hybridized carbons (Fsp3) is 1.00. The van der Waals surface area contributed by atoms with Crippen LogP contribution in [0.15, 0.2) is 0 Å². The quantitative estimate of drug-likeness (QED) is 0.389. The topological polar surface area (TPSA) is 86.6 Å². The van der Waals surface area contributed by atoms with Crippen LogP contribution in [0.4, 0.5) is 0 Å². The van der Waals surface area contributed by atoms with Crippen molar-refractivity contribution >= 4 is 0 Å². The Morgan fingerprint density at radius 3 is 1.33 bits per heavy atom. The first kappa shape index (κ1) is 9.58. The highest BCUT2D eigenvalue weighted by Gasteiger charge is 1.86.